The first-order chi connectivity index (χ1) is 7.69. The molecule has 0 aliphatic carbocycles. The van der Waals surface area contributed by atoms with Crippen LogP contribution in [0.5, 0.6) is 5.75 Å². The molecule has 0 unspecified atom stereocenters. The summed E-state index contributed by atoms with van der Waals surface area (Å²) in [5, 5.41) is 4.68. The van der Waals surface area contributed by atoms with Gasteiger partial charge in [0.05, 0.1) is 13.3 Å². The summed E-state index contributed by atoms with van der Waals surface area (Å²) in [5.41, 5.74) is 7.66. The van der Waals surface area contributed by atoms with Crippen LogP contribution in [0.2, 0.25) is 0 Å². The lowest BCUT2D eigenvalue weighted by Crippen LogP contribution is -1.92. The van der Waals surface area contributed by atoms with Gasteiger partial charge in [0.25, 0.3) is 0 Å². The molecule has 2 aromatic rings. The Morgan fingerprint density at radius 1 is 1.44 bits per heavy atom. The van der Waals surface area contributed by atoms with Crippen molar-refractivity contribution in [1.29, 1.82) is 0 Å². The van der Waals surface area contributed by atoms with Gasteiger partial charge in [0.1, 0.15) is 10.8 Å². The molecule has 0 bridgehead atoms. The minimum absolute atomic E-state index is 0.702. The van der Waals surface area contributed by atoms with E-state index in [2.05, 4.69) is 10.3 Å². The highest BCUT2D eigenvalue weighted by molar-refractivity contribution is 7.19. The van der Waals surface area contributed by atoms with E-state index >= 15 is 0 Å². The van der Waals surface area contributed by atoms with Gasteiger partial charge in [-0.3, -0.25) is 0 Å². The number of nitrogens with two attached hydrogens (primary N) is 1. The average Bonchev–Trinajstić information content (AvgIpc) is 2.64. The Hall–Kier alpha value is -1.75. The van der Waals surface area contributed by atoms with Crippen molar-refractivity contribution in [3.8, 4) is 5.75 Å². The number of hydrogen-bond donors (Lipinski definition) is 2. The molecular weight excluding hydrogens is 222 g/mol. The zero-order valence-electron chi connectivity index (χ0n) is 9.15. The van der Waals surface area contributed by atoms with Crippen LogP contribution in [0.3, 0.4) is 0 Å². The van der Waals surface area contributed by atoms with Crippen molar-refractivity contribution in [3.63, 3.8) is 0 Å². The fourth-order valence-corrected chi connectivity index (χ4v) is 2.03. The van der Waals surface area contributed by atoms with Crippen LogP contribution in [0.1, 0.15) is 5.56 Å². The molecule has 0 fully saturated rings. The minimum atomic E-state index is 0.702. The van der Waals surface area contributed by atoms with E-state index in [0.29, 0.717) is 5.00 Å². The van der Waals surface area contributed by atoms with Gasteiger partial charge in [0, 0.05) is 5.69 Å². The van der Waals surface area contributed by atoms with Gasteiger partial charge >= 0.3 is 0 Å². The smallest absolute Gasteiger partial charge is 0.189 e. The number of thiazole rings is 1. The van der Waals surface area contributed by atoms with E-state index in [4.69, 9.17) is 10.5 Å². The molecule has 0 aliphatic rings. The molecule has 1 aromatic carbocycles. The van der Waals surface area contributed by atoms with Gasteiger partial charge in [0.15, 0.2) is 5.13 Å². The summed E-state index contributed by atoms with van der Waals surface area (Å²) in [4.78, 5) is 4.13. The number of benzene rings is 1. The molecule has 2 rings (SSSR count). The van der Waals surface area contributed by atoms with Gasteiger partial charge in [-0.2, -0.15) is 0 Å². The van der Waals surface area contributed by atoms with E-state index < -0.39 is 0 Å². The first kappa shape index (κ1) is 10.8. The van der Waals surface area contributed by atoms with Gasteiger partial charge in [-0.25, -0.2) is 4.98 Å². The van der Waals surface area contributed by atoms with Gasteiger partial charge in [0.2, 0.25) is 0 Å². The lowest BCUT2D eigenvalue weighted by Gasteiger charge is -2.07. The number of methoxy groups -OCH3 is 1. The predicted octanol–water partition coefficient (Wildman–Crippen LogP) is 2.79. The molecule has 3 N–H and O–H groups in total. The first-order valence-electron chi connectivity index (χ1n) is 4.82. The summed E-state index contributed by atoms with van der Waals surface area (Å²) < 4.78 is 5.19. The molecular formula is C11H13N3OS. The normalized spacial score (nSPS) is 10.1. The topological polar surface area (TPSA) is 60.2 Å². The van der Waals surface area contributed by atoms with Crippen molar-refractivity contribution in [2.24, 2.45) is 0 Å². The number of nitrogen functional groups attached to an aromatic ring is 1. The quantitative estimate of drug-likeness (QED) is 0.858. The van der Waals surface area contributed by atoms with Crippen LogP contribution in [0.15, 0.2) is 24.4 Å². The van der Waals surface area contributed by atoms with E-state index in [9.17, 15) is 0 Å². The van der Waals surface area contributed by atoms with Crippen molar-refractivity contribution in [2.45, 2.75) is 6.92 Å². The number of ether oxygens (including phenoxy) is 1. The van der Waals surface area contributed by atoms with Crippen LogP contribution in [0.25, 0.3) is 0 Å². The first-order valence-corrected chi connectivity index (χ1v) is 5.63. The second-order valence-electron chi connectivity index (χ2n) is 3.38. The Balaban J connectivity index is 2.19. The zero-order chi connectivity index (χ0) is 11.5. The van der Waals surface area contributed by atoms with Crippen LogP contribution in [0, 0.1) is 6.92 Å². The third-order valence-corrected chi connectivity index (χ3v) is 2.91. The molecule has 4 nitrogen and oxygen atoms in total. The van der Waals surface area contributed by atoms with Gasteiger partial charge in [-0.15, -0.1) is 0 Å². The Labute approximate surface area is 98.1 Å². The summed E-state index contributed by atoms with van der Waals surface area (Å²) in [6.45, 7) is 2.00. The maximum atomic E-state index is 5.60. The molecule has 0 radical (unpaired) electrons. The summed E-state index contributed by atoms with van der Waals surface area (Å²) in [6, 6.07) is 5.88. The van der Waals surface area contributed by atoms with E-state index in [1.54, 1.807) is 13.3 Å². The van der Waals surface area contributed by atoms with Crippen LogP contribution >= 0.6 is 11.3 Å². The Kier molecular flexibility index (Phi) is 2.96. The maximum Gasteiger partial charge on any atom is 0.189 e. The van der Waals surface area contributed by atoms with Crippen LogP contribution < -0.4 is 15.8 Å². The number of aromatic nitrogens is 1. The summed E-state index contributed by atoms with van der Waals surface area (Å²) in [5.74, 6) is 0.879. The van der Waals surface area contributed by atoms with Crippen molar-refractivity contribution in [3.05, 3.63) is 30.0 Å². The number of hydrogen-bond acceptors (Lipinski definition) is 5. The fourth-order valence-electron chi connectivity index (χ4n) is 1.42. The van der Waals surface area contributed by atoms with Crippen molar-refractivity contribution < 1.29 is 4.74 Å². The van der Waals surface area contributed by atoms with Crippen molar-refractivity contribution >= 4 is 27.2 Å². The van der Waals surface area contributed by atoms with E-state index in [0.717, 1.165) is 22.1 Å². The maximum absolute atomic E-state index is 5.60. The lowest BCUT2D eigenvalue weighted by molar-refractivity contribution is 0.412. The van der Waals surface area contributed by atoms with Crippen LogP contribution in [-0.4, -0.2) is 12.1 Å². The third-order valence-electron chi connectivity index (χ3n) is 2.17. The molecule has 5 heteroatoms. The van der Waals surface area contributed by atoms with E-state index in [1.807, 2.05) is 25.1 Å². The van der Waals surface area contributed by atoms with Crippen LogP contribution in [-0.2, 0) is 0 Å². The highest BCUT2D eigenvalue weighted by Gasteiger charge is 2.02. The summed E-state index contributed by atoms with van der Waals surface area (Å²) >= 11 is 1.42. The number of nitrogens with zero attached hydrogens (tertiary/aromatic N) is 1. The SMILES string of the molecule is COc1ccc(Nc2ncc(N)s2)cc1C. The van der Waals surface area contributed by atoms with Crippen molar-refractivity contribution in [1.82, 2.24) is 4.98 Å². The molecule has 0 atom stereocenters. The van der Waals surface area contributed by atoms with Crippen molar-refractivity contribution in [2.75, 3.05) is 18.2 Å². The molecule has 0 saturated heterocycles. The van der Waals surface area contributed by atoms with Gasteiger partial charge in [-0.05, 0) is 30.7 Å². The molecule has 0 spiro atoms. The minimum Gasteiger partial charge on any atom is -0.496 e. The second kappa shape index (κ2) is 4.40. The number of anilines is 3. The third kappa shape index (κ3) is 2.25. The monoisotopic (exact) mass is 235 g/mol. The molecule has 0 saturated carbocycles. The average molecular weight is 235 g/mol. The molecule has 0 amide bonds. The Morgan fingerprint density at radius 3 is 2.81 bits per heavy atom. The molecule has 16 heavy (non-hydrogen) atoms. The van der Waals surface area contributed by atoms with Gasteiger partial charge < -0.3 is 15.8 Å². The highest BCUT2D eigenvalue weighted by atomic mass is 32.1. The standard InChI is InChI=1S/C11H13N3OS/c1-7-5-8(3-4-9(7)15-2)14-11-13-6-10(12)16-11/h3-6H,12H2,1-2H3,(H,13,14). The molecule has 0 aliphatic heterocycles. The second-order valence-corrected chi connectivity index (χ2v) is 4.44. The highest BCUT2D eigenvalue weighted by Crippen LogP contribution is 2.27. The van der Waals surface area contributed by atoms with E-state index in [-0.39, 0.29) is 0 Å². The molecule has 1 heterocycles. The van der Waals surface area contributed by atoms with Crippen LogP contribution in [0.4, 0.5) is 15.8 Å². The zero-order valence-corrected chi connectivity index (χ0v) is 9.97. The van der Waals surface area contributed by atoms with E-state index in [1.165, 1.54) is 11.3 Å². The largest absolute Gasteiger partial charge is 0.496 e. The fraction of sp³-hybridized carbons (Fsp3) is 0.182. The lowest BCUT2D eigenvalue weighted by atomic mass is 10.2. The number of nitrogens with one attached hydrogen (secondary N) is 1. The Morgan fingerprint density at radius 2 is 2.25 bits per heavy atom. The summed E-state index contributed by atoms with van der Waals surface area (Å²) in [6.07, 6.45) is 1.64. The van der Waals surface area contributed by atoms with Gasteiger partial charge in [-0.1, -0.05) is 11.3 Å². The number of rotatable bonds is 3. The molecule has 1 aromatic heterocycles. The Bertz CT molecular complexity index is 496. The predicted molar refractivity (Wildman–Crippen MR) is 67.5 cm³/mol. The number of aryl methyl sites for hydroxylation is 1. The molecule has 84 valence electrons. The summed E-state index contributed by atoms with van der Waals surface area (Å²) in [7, 11) is 1.66.